The third kappa shape index (κ3) is 4.07. The summed E-state index contributed by atoms with van der Waals surface area (Å²) < 4.78 is 1.19. The lowest BCUT2D eigenvalue weighted by Crippen LogP contribution is -2.27. The molecule has 1 aromatic rings. The van der Waals surface area contributed by atoms with Gasteiger partial charge in [-0.1, -0.05) is 18.8 Å². The van der Waals surface area contributed by atoms with Gasteiger partial charge in [0.2, 0.25) is 0 Å². The zero-order chi connectivity index (χ0) is 12.6. The molecule has 0 aliphatic rings. The average molecular weight is 228 g/mol. The van der Waals surface area contributed by atoms with E-state index in [1.807, 2.05) is 13.8 Å². The highest BCUT2D eigenvalue weighted by atomic mass is 16.6. The number of nitrogens with one attached hydrogen (secondary N) is 1. The molecule has 1 N–H and O–H groups in total. The van der Waals surface area contributed by atoms with E-state index in [0.717, 1.165) is 0 Å². The second kappa shape index (κ2) is 7.38. The number of hydrogen-bond acceptors (Lipinski definition) is 4. The molecule has 0 radical (unpaired) electrons. The first kappa shape index (κ1) is 14.1. The fourth-order valence-corrected chi connectivity index (χ4v) is 1.00. The van der Waals surface area contributed by atoms with Gasteiger partial charge in [0.1, 0.15) is 12.4 Å². The molecule has 1 rings (SSSR count). The summed E-state index contributed by atoms with van der Waals surface area (Å²) in [5, 5.41) is 13.0. The first-order valence-electron chi connectivity index (χ1n) is 5.07. The highest BCUT2D eigenvalue weighted by Crippen LogP contribution is 2.06. The van der Waals surface area contributed by atoms with Crippen molar-refractivity contribution in [3.05, 3.63) is 22.5 Å². The van der Waals surface area contributed by atoms with E-state index in [1.165, 1.54) is 17.0 Å². The Balaban J connectivity index is 0.00000106. The maximum atomic E-state index is 11.1. The van der Waals surface area contributed by atoms with Crippen molar-refractivity contribution in [2.24, 2.45) is 0 Å². The first-order valence-corrected chi connectivity index (χ1v) is 5.07. The van der Waals surface area contributed by atoms with Crippen LogP contribution in [0.3, 0.4) is 0 Å². The van der Waals surface area contributed by atoms with Crippen molar-refractivity contribution in [1.29, 1.82) is 0 Å². The molecule has 0 bridgehead atoms. The van der Waals surface area contributed by atoms with Crippen LogP contribution >= 0.6 is 0 Å². The van der Waals surface area contributed by atoms with E-state index < -0.39 is 4.92 Å². The Bertz CT molecular complexity index is 348. The Hall–Kier alpha value is -1.92. The molecule has 0 spiro atoms. The summed E-state index contributed by atoms with van der Waals surface area (Å²) in [7, 11) is 0. The lowest BCUT2D eigenvalue weighted by Gasteiger charge is -2.01. The van der Waals surface area contributed by atoms with Crippen molar-refractivity contribution in [3.8, 4) is 0 Å². The van der Waals surface area contributed by atoms with Crippen LogP contribution in [0.4, 0.5) is 5.95 Å². The summed E-state index contributed by atoms with van der Waals surface area (Å²) in [6.07, 6.45) is 2.69. The topological polar surface area (TPSA) is 90.1 Å². The molecule has 0 saturated heterocycles. The maximum Gasteiger partial charge on any atom is 0.435 e. The molecule has 0 aromatic carbocycles. The largest absolute Gasteiger partial charge is 0.435 e. The Morgan fingerprint density at radius 1 is 1.62 bits per heavy atom. The Kier molecular flexibility index (Phi) is 6.50. The molecule has 7 nitrogen and oxygen atoms in total. The van der Waals surface area contributed by atoms with Crippen LogP contribution in [0, 0.1) is 10.1 Å². The van der Waals surface area contributed by atoms with Gasteiger partial charge >= 0.3 is 5.95 Å². The van der Waals surface area contributed by atoms with Crippen molar-refractivity contribution >= 4 is 11.9 Å². The van der Waals surface area contributed by atoms with Gasteiger partial charge in [0, 0.05) is 6.54 Å². The molecular formula is C9H16N4O3. The van der Waals surface area contributed by atoms with Crippen molar-refractivity contribution < 1.29 is 9.72 Å². The van der Waals surface area contributed by atoms with Gasteiger partial charge in [0.25, 0.3) is 5.91 Å². The second-order valence-electron chi connectivity index (χ2n) is 2.57. The molecule has 0 fully saturated rings. The van der Waals surface area contributed by atoms with Crippen LogP contribution in [-0.4, -0.2) is 26.9 Å². The van der Waals surface area contributed by atoms with E-state index in [9.17, 15) is 14.9 Å². The SMILES string of the molecule is CC.CCNC(=O)Cn1ccnc1[N+](=O)[O-]. The van der Waals surface area contributed by atoms with Crippen LogP contribution < -0.4 is 5.32 Å². The van der Waals surface area contributed by atoms with Crippen LogP contribution in [0.2, 0.25) is 0 Å². The van der Waals surface area contributed by atoms with E-state index in [4.69, 9.17) is 0 Å². The highest BCUT2D eigenvalue weighted by molar-refractivity contribution is 5.75. The van der Waals surface area contributed by atoms with Crippen LogP contribution in [0.15, 0.2) is 12.4 Å². The number of nitro groups is 1. The number of carbonyl (C=O) groups is 1. The van der Waals surface area contributed by atoms with Crippen LogP contribution in [0.25, 0.3) is 0 Å². The van der Waals surface area contributed by atoms with Crippen LogP contribution in [-0.2, 0) is 11.3 Å². The predicted octanol–water partition coefficient (Wildman–Crippen LogP) is 0.954. The van der Waals surface area contributed by atoms with Gasteiger partial charge < -0.3 is 15.4 Å². The van der Waals surface area contributed by atoms with E-state index >= 15 is 0 Å². The van der Waals surface area contributed by atoms with Gasteiger partial charge in [-0.05, 0) is 11.8 Å². The quantitative estimate of drug-likeness (QED) is 0.613. The number of rotatable bonds is 4. The standard InChI is InChI=1S/C7H10N4O3.C2H6/c1-2-8-6(12)5-10-4-3-9-7(10)11(13)14;1-2/h3-4H,2,5H2,1H3,(H,8,12);1-2H3. The summed E-state index contributed by atoms with van der Waals surface area (Å²) in [6, 6.07) is 0. The summed E-state index contributed by atoms with van der Waals surface area (Å²) >= 11 is 0. The lowest BCUT2D eigenvalue weighted by atomic mass is 10.5. The molecule has 7 heteroatoms. The molecular weight excluding hydrogens is 212 g/mol. The third-order valence-electron chi connectivity index (χ3n) is 1.54. The van der Waals surface area contributed by atoms with E-state index in [2.05, 4.69) is 10.3 Å². The number of aromatic nitrogens is 2. The lowest BCUT2D eigenvalue weighted by molar-refractivity contribution is -0.396. The smallest absolute Gasteiger partial charge is 0.390 e. The van der Waals surface area contributed by atoms with Crippen LogP contribution in [0.5, 0.6) is 0 Å². The molecule has 1 aromatic heterocycles. The van der Waals surface area contributed by atoms with E-state index in [-0.39, 0.29) is 18.4 Å². The second-order valence-corrected chi connectivity index (χ2v) is 2.57. The minimum atomic E-state index is -0.626. The first-order chi connectivity index (χ1) is 7.65. The van der Waals surface area contributed by atoms with Gasteiger partial charge in [-0.15, -0.1) is 0 Å². The normalized spacial score (nSPS) is 8.94. The Morgan fingerprint density at radius 3 is 2.75 bits per heavy atom. The number of hydrogen-bond donors (Lipinski definition) is 1. The monoisotopic (exact) mass is 228 g/mol. The predicted molar refractivity (Wildman–Crippen MR) is 58.9 cm³/mol. The molecule has 0 saturated carbocycles. The highest BCUT2D eigenvalue weighted by Gasteiger charge is 2.16. The van der Waals surface area contributed by atoms with Crippen molar-refractivity contribution in [1.82, 2.24) is 14.9 Å². The number of carbonyl (C=O) groups excluding carboxylic acids is 1. The molecule has 0 aliphatic heterocycles. The summed E-state index contributed by atoms with van der Waals surface area (Å²) in [5.41, 5.74) is 0. The third-order valence-corrected chi connectivity index (χ3v) is 1.54. The minimum absolute atomic E-state index is 0.0792. The summed E-state index contributed by atoms with van der Waals surface area (Å²) in [4.78, 5) is 24.4. The fourth-order valence-electron chi connectivity index (χ4n) is 1.00. The molecule has 1 heterocycles. The van der Waals surface area contributed by atoms with Crippen molar-refractivity contribution in [2.75, 3.05) is 6.54 Å². The molecule has 1 amide bonds. The van der Waals surface area contributed by atoms with Gasteiger partial charge in [-0.2, -0.15) is 0 Å². The van der Waals surface area contributed by atoms with Crippen LogP contribution in [0.1, 0.15) is 20.8 Å². The van der Waals surface area contributed by atoms with Gasteiger partial charge in [-0.25, -0.2) is 4.57 Å². The van der Waals surface area contributed by atoms with Crippen molar-refractivity contribution in [3.63, 3.8) is 0 Å². The molecule has 0 atom stereocenters. The number of nitrogens with zero attached hydrogens (tertiary/aromatic N) is 3. The zero-order valence-corrected chi connectivity index (χ0v) is 9.64. The van der Waals surface area contributed by atoms with Crippen molar-refractivity contribution in [2.45, 2.75) is 27.3 Å². The fraction of sp³-hybridized carbons (Fsp3) is 0.556. The van der Waals surface area contributed by atoms with Gasteiger partial charge in [0.15, 0.2) is 6.54 Å². The zero-order valence-electron chi connectivity index (χ0n) is 9.64. The van der Waals surface area contributed by atoms with E-state index in [1.54, 1.807) is 6.92 Å². The molecule has 16 heavy (non-hydrogen) atoms. The molecule has 90 valence electrons. The maximum absolute atomic E-state index is 11.1. The summed E-state index contributed by atoms with van der Waals surface area (Å²) in [6.45, 7) is 6.20. The van der Waals surface area contributed by atoms with E-state index in [0.29, 0.717) is 6.54 Å². The number of likely N-dealkylation sites (N-methyl/N-ethyl adjacent to an activating group) is 1. The van der Waals surface area contributed by atoms with Gasteiger partial charge in [0.05, 0.1) is 0 Å². The average Bonchev–Trinajstić information content (AvgIpc) is 2.69. The number of amides is 1. The molecule has 0 aliphatic carbocycles. The minimum Gasteiger partial charge on any atom is -0.390 e. The van der Waals surface area contributed by atoms with Gasteiger partial charge in [-0.3, -0.25) is 4.79 Å². The summed E-state index contributed by atoms with van der Waals surface area (Å²) in [5.74, 6) is -0.593. The Labute approximate surface area is 93.6 Å². The Morgan fingerprint density at radius 2 is 2.25 bits per heavy atom. The number of imidazole rings is 1. The molecule has 0 unspecified atom stereocenters.